The quantitative estimate of drug-likeness (QED) is 0.126. The summed E-state index contributed by atoms with van der Waals surface area (Å²) in [6.45, 7) is 3.62. The van der Waals surface area contributed by atoms with Crippen LogP contribution >= 0.6 is 11.6 Å². The molecule has 2 N–H and O–H groups in total. The number of aryl methyl sites for hydroxylation is 1. The van der Waals surface area contributed by atoms with Gasteiger partial charge < -0.3 is 10.1 Å². The molecule has 0 bridgehead atoms. The van der Waals surface area contributed by atoms with Gasteiger partial charge in [-0.2, -0.15) is 5.10 Å². The minimum atomic E-state index is -0.968. The van der Waals surface area contributed by atoms with Crippen molar-refractivity contribution in [2.24, 2.45) is 5.10 Å². The molecule has 180 valence electrons. The Kier molecular flexibility index (Phi) is 7.42. The summed E-state index contributed by atoms with van der Waals surface area (Å²) in [5.41, 5.74) is 5.09. The van der Waals surface area contributed by atoms with Crippen LogP contribution in [0.5, 0.6) is 5.75 Å². The van der Waals surface area contributed by atoms with Gasteiger partial charge in [-0.1, -0.05) is 65.7 Å². The summed E-state index contributed by atoms with van der Waals surface area (Å²) in [4.78, 5) is 37.4. The lowest BCUT2D eigenvalue weighted by atomic mass is 10.0. The average Bonchev–Trinajstić information content (AvgIpc) is 2.87. The number of ether oxygens (including phenoxy) is 1. The summed E-state index contributed by atoms with van der Waals surface area (Å²) in [6, 6.07) is 23.0. The zero-order valence-corrected chi connectivity index (χ0v) is 20.3. The lowest BCUT2D eigenvalue weighted by Gasteiger charge is -2.11. The molecule has 0 aliphatic rings. The maximum absolute atomic E-state index is 12.8. The lowest BCUT2D eigenvalue weighted by Crippen LogP contribution is -2.32. The molecule has 0 unspecified atom stereocenters. The summed E-state index contributed by atoms with van der Waals surface area (Å²) in [5.74, 6) is -2.13. The van der Waals surface area contributed by atoms with E-state index in [4.69, 9.17) is 16.3 Å². The first-order valence-corrected chi connectivity index (χ1v) is 11.4. The molecule has 0 aliphatic carbocycles. The monoisotopic (exact) mass is 499 g/mol. The third-order valence-corrected chi connectivity index (χ3v) is 5.88. The molecule has 4 rings (SSSR count). The first-order valence-electron chi connectivity index (χ1n) is 11.0. The van der Waals surface area contributed by atoms with E-state index in [2.05, 4.69) is 15.8 Å². The van der Waals surface area contributed by atoms with E-state index in [0.717, 1.165) is 16.3 Å². The van der Waals surface area contributed by atoms with Crippen molar-refractivity contribution in [2.45, 2.75) is 13.8 Å². The highest BCUT2D eigenvalue weighted by molar-refractivity contribution is 6.40. The molecule has 0 spiro atoms. The van der Waals surface area contributed by atoms with Gasteiger partial charge in [0.1, 0.15) is 5.75 Å². The van der Waals surface area contributed by atoms with Gasteiger partial charge >= 0.3 is 17.8 Å². The third kappa shape index (κ3) is 5.59. The Labute approximate surface area is 212 Å². The van der Waals surface area contributed by atoms with E-state index in [1.807, 2.05) is 43.3 Å². The number of benzene rings is 4. The van der Waals surface area contributed by atoms with Gasteiger partial charge in [0, 0.05) is 16.3 Å². The van der Waals surface area contributed by atoms with Crippen LogP contribution in [0, 0.1) is 13.8 Å². The van der Waals surface area contributed by atoms with Crippen molar-refractivity contribution in [3.8, 4) is 5.75 Å². The minimum Gasteiger partial charge on any atom is -0.422 e. The van der Waals surface area contributed by atoms with Crippen molar-refractivity contribution in [3.63, 3.8) is 0 Å². The summed E-state index contributed by atoms with van der Waals surface area (Å²) in [7, 11) is 0. The number of carbonyl (C=O) groups excluding carboxylic acids is 3. The number of nitrogens with one attached hydrogen (secondary N) is 2. The highest BCUT2D eigenvalue weighted by atomic mass is 35.5. The van der Waals surface area contributed by atoms with Crippen LogP contribution in [0.15, 0.2) is 84.0 Å². The molecular formula is C28H22ClN3O4. The number of fused-ring (bicyclic) bond motifs is 1. The second-order valence-electron chi connectivity index (χ2n) is 8.02. The number of hydrazone groups is 1. The van der Waals surface area contributed by atoms with E-state index >= 15 is 0 Å². The van der Waals surface area contributed by atoms with E-state index in [-0.39, 0.29) is 5.75 Å². The first kappa shape index (κ1) is 24.6. The number of carbonyl (C=O) groups is 3. The standard InChI is InChI=1S/C28H22ClN3O4/c1-17-7-5-9-20(15-17)28(35)36-25-14-13-19-8-3-4-10-21(19)22(25)16-30-32-27(34)26(33)31-24-12-6-11-23(29)18(24)2/h3-16H,1-2H3,(H,31,33)(H,32,34)/b30-16+. The zero-order chi connectivity index (χ0) is 25.7. The molecule has 7 nitrogen and oxygen atoms in total. The molecule has 4 aromatic carbocycles. The lowest BCUT2D eigenvalue weighted by molar-refractivity contribution is -0.136. The van der Waals surface area contributed by atoms with Crippen LogP contribution in [-0.4, -0.2) is 24.0 Å². The number of nitrogens with zero attached hydrogens (tertiary/aromatic N) is 1. The molecule has 36 heavy (non-hydrogen) atoms. The smallest absolute Gasteiger partial charge is 0.343 e. The summed E-state index contributed by atoms with van der Waals surface area (Å²) >= 11 is 6.06. The van der Waals surface area contributed by atoms with Gasteiger partial charge in [0.25, 0.3) is 0 Å². The molecule has 8 heteroatoms. The first-order chi connectivity index (χ1) is 17.3. The molecule has 0 radical (unpaired) electrons. The third-order valence-electron chi connectivity index (χ3n) is 5.47. The van der Waals surface area contributed by atoms with Crippen LogP contribution in [0.25, 0.3) is 10.8 Å². The Balaban J connectivity index is 1.55. The van der Waals surface area contributed by atoms with Crippen molar-refractivity contribution < 1.29 is 19.1 Å². The highest BCUT2D eigenvalue weighted by Gasteiger charge is 2.16. The van der Waals surface area contributed by atoms with E-state index in [9.17, 15) is 14.4 Å². The van der Waals surface area contributed by atoms with Gasteiger partial charge in [0.15, 0.2) is 0 Å². The number of halogens is 1. The van der Waals surface area contributed by atoms with Crippen LogP contribution in [0.3, 0.4) is 0 Å². The Morgan fingerprint density at radius 2 is 1.67 bits per heavy atom. The van der Waals surface area contributed by atoms with E-state index in [1.165, 1.54) is 6.21 Å². The van der Waals surface area contributed by atoms with Gasteiger partial charge in [-0.15, -0.1) is 0 Å². The number of hydrogen-bond donors (Lipinski definition) is 2. The second-order valence-corrected chi connectivity index (χ2v) is 8.43. The fourth-order valence-corrected chi connectivity index (χ4v) is 3.73. The van der Waals surface area contributed by atoms with Crippen molar-refractivity contribution in [1.82, 2.24) is 5.43 Å². The largest absolute Gasteiger partial charge is 0.422 e. The van der Waals surface area contributed by atoms with E-state index in [1.54, 1.807) is 49.4 Å². The van der Waals surface area contributed by atoms with E-state index in [0.29, 0.717) is 27.4 Å². The molecular weight excluding hydrogens is 478 g/mol. The Morgan fingerprint density at radius 1 is 0.889 bits per heavy atom. The Bertz CT molecular complexity index is 1510. The molecule has 0 aromatic heterocycles. The fraction of sp³-hybridized carbons (Fsp3) is 0.0714. The van der Waals surface area contributed by atoms with Crippen LogP contribution in [0.2, 0.25) is 5.02 Å². The highest BCUT2D eigenvalue weighted by Crippen LogP contribution is 2.27. The van der Waals surface area contributed by atoms with Crippen molar-refractivity contribution >= 4 is 52.1 Å². The minimum absolute atomic E-state index is 0.261. The normalized spacial score (nSPS) is 10.9. The number of amides is 2. The van der Waals surface area contributed by atoms with E-state index < -0.39 is 17.8 Å². The number of anilines is 1. The molecule has 2 amide bonds. The van der Waals surface area contributed by atoms with Crippen molar-refractivity contribution in [2.75, 3.05) is 5.32 Å². The van der Waals surface area contributed by atoms with Crippen LogP contribution in [-0.2, 0) is 9.59 Å². The molecule has 4 aromatic rings. The topological polar surface area (TPSA) is 96.9 Å². The molecule has 0 fully saturated rings. The molecule has 0 atom stereocenters. The number of rotatable bonds is 5. The second kappa shape index (κ2) is 10.8. The van der Waals surface area contributed by atoms with Gasteiger partial charge in [-0.05, 0) is 60.5 Å². The molecule has 0 heterocycles. The summed E-state index contributed by atoms with van der Waals surface area (Å²) in [5, 5.41) is 8.56. The fourth-order valence-electron chi connectivity index (χ4n) is 3.56. The Morgan fingerprint density at radius 3 is 2.47 bits per heavy atom. The SMILES string of the molecule is Cc1cccc(C(=O)Oc2ccc3ccccc3c2/C=N/NC(=O)C(=O)Nc2cccc(Cl)c2C)c1. The molecule has 0 saturated heterocycles. The summed E-state index contributed by atoms with van der Waals surface area (Å²) in [6.07, 6.45) is 1.34. The number of hydrogen-bond acceptors (Lipinski definition) is 5. The van der Waals surface area contributed by atoms with Crippen molar-refractivity contribution in [3.05, 3.63) is 106 Å². The predicted molar refractivity (Wildman–Crippen MR) is 141 cm³/mol. The summed E-state index contributed by atoms with van der Waals surface area (Å²) < 4.78 is 5.67. The molecule has 0 saturated carbocycles. The number of esters is 1. The van der Waals surface area contributed by atoms with Crippen molar-refractivity contribution in [1.29, 1.82) is 0 Å². The van der Waals surface area contributed by atoms with Gasteiger partial charge in [-0.25, -0.2) is 10.2 Å². The average molecular weight is 500 g/mol. The van der Waals surface area contributed by atoms with Gasteiger partial charge in [0.05, 0.1) is 11.8 Å². The Hall–Kier alpha value is -4.49. The van der Waals surface area contributed by atoms with Gasteiger partial charge in [0.2, 0.25) is 0 Å². The maximum atomic E-state index is 12.8. The maximum Gasteiger partial charge on any atom is 0.343 e. The van der Waals surface area contributed by atoms with Crippen LogP contribution < -0.4 is 15.5 Å². The van der Waals surface area contributed by atoms with Crippen LogP contribution in [0.4, 0.5) is 5.69 Å². The predicted octanol–water partition coefficient (Wildman–Crippen LogP) is 5.42. The molecule has 0 aliphatic heterocycles. The van der Waals surface area contributed by atoms with Crippen LogP contribution in [0.1, 0.15) is 27.0 Å². The van der Waals surface area contributed by atoms with Gasteiger partial charge in [-0.3, -0.25) is 9.59 Å². The zero-order valence-electron chi connectivity index (χ0n) is 19.5.